The lowest BCUT2D eigenvalue weighted by atomic mass is 10.2. The van der Waals surface area contributed by atoms with E-state index in [-0.39, 0.29) is 45.0 Å². The number of hydrogen-bond donors (Lipinski definition) is 3. The van der Waals surface area contributed by atoms with Crippen molar-refractivity contribution in [3.05, 3.63) is 69.4 Å². The highest BCUT2D eigenvalue weighted by Gasteiger charge is 2.32. The Morgan fingerprint density at radius 3 is 2.57 bits per heavy atom. The molecule has 0 saturated heterocycles. The van der Waals surface area contributed by atoms with Crippen LogP contribution >= 0.6 is 11.6 Å². The second kappa shape index (κ2) is 9.61. The average Bonchev–Trinajstić information content (AvgIpc) is 3.16. The molecular weight excluding hydrogens is 520 g/mol. The summed E-state index contributed by atoms with van der Waals surface area (Å²) < 4.78 is 62.1. The van der Waals surface area contributed by atoms with Crippen molar-refractivity contribution in [1.82, 2.24) is 24.1 Å². The van der Waals surface area contributed by atoms with Crippen LogP contribution in [0.4, 0.5) is 34.9 Å². The van der Waals surface area contributed by atoms with Crippen molar-refractivity contribution in [3.8, 4) is 5.75 Å². The Morgan fingerprint density at radius 2 is 1.95 bits per heavy atom. The number of ether oxygens (including phenoxy) is 1. The van der Waals surface area contributed by atoms with E-state index in [0.717, 1.165) is 10.8 Å². The molecule has 0 amide bonds. The van der Waals surface area contributed by atoms with Crippen molar-refractivity contribution < 1.29 is 22.3 Å². The highest BCUT2D eigenvalue weighted by atomic mass is 35.5. The van der Waals surface area contributed by atoms with Crippen LogP contribution in [0.25, 0.3) is 16.9 Å². The Kier molecular flexibility index (Phi) is 6.69. The SMILES string of the molecule is CNc1cnc(/C(=C\N)Oc2cnc3nc(Nc4cc(C(F)(F)F)cn(C)c4=O)n(C)c3c2Cl)c(F)c1. The minimum atomic E-state index is -4.67. The number of nitrogens with zero attached hydrogens (tertiary/aromatic N) is 5. The molecule has 4 aromatic rings. The number of anilines is 3. The summed E-state index contributed by atoms with van der Waals surface area (Å²) >= 11 is 6.52. The molecule has 0 unspecified atom stereocenters. The van der Waals surface area contributed by atoms with Gasteiger partial charge >= 0.3 is 6.18 Å². The Bertz CT molecular complexity index is 1600. The zero-order valence-corrected chi connectivity index (χ0v) is 20.2. The molecule has 0 fully saturated rings. The van der Waals surface area contributed by atoms with Crippen LogP contribution < -0.4 is 26.7 Å². The third-order valence-corrected chi connectivity index (χ3v) is 5.66. The van der Waals surface area contributed by atoms with Crippen molar-refractivity contribution in [2.45, 2.75) is 6.18 Å². The summed E-state index contributed by atoms with van der Waals surface area (Å²) in [7, 11) is 4.31. The van der Waals surface area contributed by atoms with Crippen LogP contribution in [0.15, 0.2) is 41.7 Å². The molecule has 10 nitrogen and oxygen atoms in total. The van der Waals surface area contributed by atoms with E-state index in [1.807, 2.05) is 0 Å². The highest BCUT2D eigenvalue weighted by molar-refractivity contribution is 6.36. The fourth-order valence-corrected chi connectivity index (χ4v) is 3.71. The van der Waals surface area contributed by atoms with E-state index in [4.69, 9.17) is 22.1 Å². The predicted molar refractivity (Wildman–Crippen MR) is 130 cm³/mol. The maximum Gasteiger partial charge on any atom is 0.417 e. The first-order valence-corrected chi connectivity index (χ1v) is 10.8. The van der Waals surface area contributed by atoms with Crippen LogP contribution in [0.5, 0.6) is 5.75 Å². The van der Waals surface area contributed by atoms with Gasteiger partial charge in [-0.3, -0.25) is 4.79 Å². The van der Waals surface area contributed by atoms with Crippen molar-refractivity contribution in [3.63, 3.8) is 0 Å². The topological polar surface area (TPSA) is 125 Å². The number of nitrogens with two attached hydrogens (primary N) is 1. The third kappa shape index (κ3) is 4.87. The van der Waals surface area contributed by atoms with Gasteiger partial charge in [0.1, 0.15) is 21.9 Å². The van der Waals surface area contributed by atoms with Crippen molar-refractivity contribution >= 4 is 45.8 Å². The molecule has 194 valence electrons. The van der Waals surface area contributed by atoms with E-state index in [1.54, 1.807) is 7.05 Å². The van der Waals surface area contributed by atoms with E-state index in [2.05, 4.69) is 25.6 Å². The molecule has 4 aromatic heterocycles. The second-order valence-corrected chi connectivity index (χ2v) is 8.10. The van der Waals surface area contributed by atoms with Gasteiger partial charge in [-0.2, -0.15) is 18.2 Å². The number of aromatic nitrogens is 5. The zero-order valence-electron chi connectivity index (χ0n) is 19.5. The third-order valence-electron chi connectivity index (χ3n) is 5.30. The minimum Gasteiger partial charge on any atom is -0.450 e. The van der Waals surface area contributed by atoms with Gasteiger partial charge in [0.05, 0.1) is 23.6 Å². The maximum atomic E-state index is 14.5. The summed E-state index contributed by atoms with van der Waals surface area (Å²) in [6, 6.07) is 1.89. The smallest absolute Gasteiger partial charge is 0.417 e. The van der Waals surface area contributed by atoms with Crippen LogP contribution in [0, 0.1) is 5.82 Å². The van der Waals surface area contributed by atoms with Gasteiger partial charge in [0, 0.05) is 39.6 Å². The summed E-state index contributed by atoms with van der Waals surface area (Å²) in [4.78, 5) is 24.8. The molecule has 0 saturated carbocycles. The standard InChI is InChI=1S/C22H19ClF4N8O2/c1-29-11-5-12(24)17(30-7-11)14(6-28)37-15-8-31-19-18(16(15)23)35(3)21(33-19)32-13-4-10(22(25,26)27)9-34(2)20(13)36/h4-9,29H,28H2,1-3H3,(H,31,32,33)/b14-6+. The monoisotopic (exact) mass is 538 g/mol. The first-order valence-electron chi connectivity index (χ1n) is 10.4. The molecule has 0 radical (unpaired) electrons. The van der Waals surface area contributed by atoms with Crippen molar-refractivity contribution in [2.75, 3.05) is 17.7 Å². The molecule has 0 aliphatic rings. The van der Waals surface area contributed by atoms with Crippen LogP contribution in [-0.4, -0.2) is 31.1 Å². The van der Waals surface area contributed by atoms with Gasteiger partial charge in [0.2, 0.25) is 5.95 Å². The molecule has 0 atom stereocenters. The maximum absolute atomic E-state index is 14.5. The molecule has 4 heterocycles. The Morgan fingerprint density at radius 1 is 1.22 bits per heavy atom. The van der Waals surface area contributed by atoms with Crippen LogP contribution in [0.3, 0.4) is 0 Å². The summed E-state index contributed by atoms with van der Waals surface area (Å²) in [6.07, 6.45) is -0.373. The van der Waals surface area contributed by atoms with Crippen LogP contribution in [0.2, 0.25) is 5.02 Å². The van der Waals surface area contributed by atoms with Gasteiger partial charge in [-0.15, -0.1) is 0 Å². The van der Waals surface area contributed by atoms with Crippen molar-refractivity contribution in [2.24, 2.45) is 19.8 Å². The van der Waals surface area contributed by atoms with E-state index in [1.165, 1.54) is 37.1 Å². The lowest BCUT2D eigenvalue weighted by Gasteiger charge is -2.13. The molecule has 37 heavy (non-hydrogen) atoms. The molecule has 4 N–H and O–H groups in total. The summed E-state index contributed by atoms with van der Waals surface area (Å²) in [6.45, 7) is 0. The fourth-order valence-electron chi connectivity index (χ4n) is 3.41. The van der Waals surface area contributed by atoms with E-state index >= 15 is 0 Å². The summed E-state index contributed by atoms with van der Waals surface area (Å²) in [5.41, 5.74) is 4.13. The van der Waals surface area contributed by atoms with Gasteiger partial charge in [-0.05, 0) is 6.07 Å². The Labute approximate surface area is 211 Å². The lowest BCUT2D eigenvalue weighted by Crippen LogP contribution is -2.23. The van der Waals surface area contributed by atoms with E-state index in [9.17, 15) is 22.4 Å². The minimum absolute atomic E-state index is 0.00315. The van der Waals surface area contributed by atoms with Crippen LogP contribution in [0.1, 0.15) is 11.3 Å². The highest BCUT2D eigenvalue weighted by Crippen LogP contribution is 2.36. The number of nitrogens with one attached hydrogen (secondary N) is 2. The number of fused-ring (bicyclic) bond motifs is 1. The first-order chi connectivity index (χ1) is 17.4. The second-order valence-electron chi connectivity index (χ2n) is 7.72. The van der Waals surface area contributed by atoms with Gasteiger partial charge in [0.15, 0.2) is 23.0 Å². The number of halogens is 5. The number of alkyl halides is 3. The summed E-state index contributed by atoms with van der Waals surface area (Å²) in [5.74, 6) is -0.878. The normalized spacial score (nSPS) is 12.2. The number of rotatable bonds is 6. The molecule has 0 aliphatic carbocycles. The van der Waals surface area contributed by atoms with Gasteiger partial charge in [-0.25, -0.2) is 14.4 Å². The molecule has 0 aromatic carbocycles. The van der Waals surface area contributed by atoms with Crippen LogP contribution in [-0.2, 0) is 20.3 Å². The van der Waals surface area contributed by atoms with Gasteiger partial charge in [-0.1, -0.05) is 11.6 Å². The quantitative estimate of drug-likeness (QED) is 0.248. The molecule has 15 heteroatoms. The number of aryl methyl sites for hydroxylation is 2. The van der Waals surface area contributed by atoms with Crippen molar-refractivity contribution in [1.29, 1.82) is 0 Å². The first kappa shape index (κ1) is 25.8. The number of imidazole rings is 1. The molecular formula is C22H19ClF4N8O2. The van der Waals surface area contributed by atoms with E-state index in [0.29, 0.717) is 18.0 Å². The van der Waals surface area contributed by atoms with E-state index < -0.39 is 23.1 Å². The largest absolute Gasteiger partial charge is 0.450 e. The molecule has 0 spiro atoms. The lowest BCUT2D eigenvalue weighted by molar-refractivity contribution is -0.138. The zero-order chi connectivity index (χ0) is 27.1. The summed E-state index contributed by atoms with van der Waals surface area (Å²) in [5, 5.41) is 5.36. The molecule has 4 rings (SSSR count). The fraction of sp³-hybridized carbons (Fsp3) is 0.182. The van der Waals surface area contributed by atoms with Gasteiger partial charge in [0.25, 0.3) is 5.56 Å². The number of pyridine rings is 3. The average molecular weight is 539 g/mol. The molecule has 0 bridgehead atoms. The van der Waals surface area contributed by atoms with Gasteiger partial charge < -0.3 is 30.2 Å². The predicted octanol–water partition coefficient (Wildman–Crippen LogP) is 3.99. The Balaban J connectivity index is 1.71. The molecule has 0 aliphatic heterocycles. The Hall–Kier alpha value is -4.33. The number of hydrogen-bond acceptors (Lipinski definition) is 8.